The molecule has 0 aliphatic heterocycles. The summed E-state index contributed by atoms with van der Waals surface area (Å²) in [4.78, 5) is 14.3. The lowest BCUT2D eigenvalue weighted by Crippen LogP contribution is -2.35. The van der Waals surface area contributed by atoms with E-state index in [1.54, 1.807) is 18.1 Å². The zero-order valence-electron chi connectivity index (χ0n) is 9.28. The Labute approximate surface area is 121 Å². The Bertz CT molecular complexity index is 364. The molecule has 0 saturated carbocycles. The van der Waals surface area contributed by atoms with Gasteiger partial charge in [-0.25, -0.2) is 0 Å². The van der Waals surface area contributed by atoms with Gasteiger partial charge in [-0.05, 0) is 37.9 Å². The van der Waals surface area contributed by atoms with E-state index in [2.05, 4.69) is 31.9 Å². The van der Waals surface area contributed by atoms with E-state index in [0.717, 1.165) is 8.26 Å². The van der Waals surface area contributed by atoms with Crippen LogP contribution in [0.25, 0.3) is 0 Å². The van der Waals surface area contributed by atoms with Crippen LogP contribution in [0.4, 0.5) is 0 Å². The monoisotopic (exact) mass is 385 g/mol. The number of carbonyl (C=O) groups excluding carboxylic acids is 1. The minimum Gasteiger partial charge on any atom is -0.395 e. The number of aliphatic hydroxyl groups is 1. The first kappa shape index (κ1) is 15.1. The average molecular weight is 387 g/mol. The van der Waals surface area contributed by atoms with E-state index < -0.39 is 0 Å². The van der Waals surface area contributed by atoms with Crippen molar-refractivity contribution in [2.45, 2.75) is 0 Å². The molecule has 1 rings (SSSR count). The van der Waals surface area contributed by atoms with Gasteiger partial charge in [-0.3, -0.25) is 4.79 Å². The van der Waals surface area contributed by atoms with Gasteiger partial charge in [0.1, 0.15) is 0 Å². The van der Waals surface area contributed by atoms with E-state index in [0.29, 0.717) is 24.6 Å². The highest BCUT2D eigenvalue weighted by Gasteiger charge is 2.18. The van der Waals surface area contributed by atoms with Crippen molar-refractivity contribution in [1.82, 2.24) is 4.90 Å². The predicted molar refractivity (Wildman–Crippen MR) is 74.6 cm³/mol. The van der Waals surface area contributed by atoms with Gasteiger partial charge in [-0.2, -0.15) is 0 Å². The van der Waals surface area contributed by atoms with Gasteiger partial charge in [-0.15, -0.1) is 11.3 Å². The van der Waals surface area contributed by atoms with Crippen LogP contribution >= 0.6 is 43.2 Å². The van der Waals surface area contributed by atoms with E-state index in [1.165, 1.54) is 11.3 Å². The Hall–Kier alpha value is 0.0500. The number of amides is 1. The molecule has 7 heteroatoms. The van der Waals surface area contributed by atoms with Crippen LogP contribution in [0.5, 0.6) is 0 Å². The molecule has 1 N–H and O–H groups in total. The lowest BCUT2D eigenvalue weighted by molar-refractivity contribution is 0.0661. The largest absolute Gasteiger partial charge is 0.395 e. The number of aliphatic hydroxyl groups excluding tert-OH is 1. The zero-order valence-corrected chi connectivity index (χ0v) is 13.3. The number of halogens is 2. The summed E-state index contributed by atoms with van der Waals surface area (Å²) in [5, 5.41) is 8.94. The molecule has 0 fully saturated rings. The van der Waals surface area contributed by atoms with Gasteiger partial charge in [0.15, 0.2) is 0 Å². The Balaban J connectivity index is 2.76. The second-order valence-electron chi connectivity index (χ2n) is 3.24. The molecule has 1 aromatic heterocycles. The number of ether oxygens (including phenoxy) is 1. The van der Waals surface area contributed by atoms with Gasteiger partial charge in [0.2, 0.25) is 0 Å². The van der Waals surface area contributed by atoms with Crippen LogP contribution in [0.2, 0.25) is 0 Å². The molecule has 0 aromatic carbocycles. The number of thiophene rings is 1. The van der Waals surface area contributed by atoms with Crippen LogP contribution in [-0.2, 0) is 4.74 Å². The number of nitrogens with zero attached hydrogens (tertiary/aromatic N) is 1. The van der Waals surface area contributed by atoms with Crippen molar-refractivity contribution in [3.05, 3.63) is 19.2 Å². The van der Waals surface area contributed by atoms with Gasteiger partial charge >= 0.3 is 0 Å². The van der Waals surface area contributed by atoms with Crippen LogP contribution in [0.15, 0.2) is 14.3 Å². The van der Waals surface area contributed by atoms with Gasteiger partial charge in [0.25, 0.3) is 5.91 Å². The Morgan fingerprint density at radius 2 is 2.24 bits per heavy atom. The summed E-state index contributed by atoms with van der Waals surface area (Å²) in [7, 11) is 1.58. The average Bonchev–Trinajstić information content (AvgIpc) is 2.64. The van der Waals surface area contributed by atoms with Crippen molar-refractivity contribution < 1.29 is 14.6 Å². The molecule has 0 saturated heterocycles. The summed E-state index contributed by atoms with van der Waals surface area (Å²) in [5.74, 6) is -0.0903. The third-order valence-corrected chi connectivity index (χ3v) is 5.32. The Morgan fingerprint density at radius 1 is 1.53 bits per heavy atom. The van der Waals surface area contributed by atoms with Crippen molar-refractivity contribution >= 4 is 49.1 Å². The molecule has 0 radical (unpaired) electrons. The smallest absolute Gasteiger partial charge is 0.264 e. The fourth-order valence-corrected chi connectivity index (χ4v) is 3.25. The second kappa shape index (κ2) is 7.48. The fourth-order valence-electron chi connectivity index (χ4n) is 1.24. The molecule has 0 aliphatic carbocycles. The van der Waals surface area contributed by atoms with Gasteiger partial charge in [0, 0.05) is 24.7 Å². The highest BCUT2D eigenvalue weighted by molar-refractivity contribution is 9.13. The first-order valence-corrected chi connectivity index (χ1v) is 7.34. The summed E-state index contributed by atoms with van der Waals surface area (Å²) in [6, 6.07) is 1.77. The summed E-state index contributed by atoms with van der Waals surface area (Å²) < 4.78 is 6.69. The summed E-state index contributed by atoms with van der Waals surface area (Å²) in [6.45, 7) is 1.20. The molecule has 1 amide bonds. The predicted octanol–water partition coefficient (Wildman–Crippen LogP) is 2.35. The number of methoxy groups -OCH3 is 1. The molecular weight excluding hydrogens is 374 g/mol. The molecule has 0 spiro atoms. The summed E-state index contributed by atoms with van der Waals surface area (Å²) in [5.41, 5.74) is 0. The van der Waals surface area contributed by atoms with E-state index >= 15 is 0 Å². The lowest BCUT2D eigenvalue weighted by Gasteiger charge is -2.20. The molecule has 0 aliphatic rings. The van der Waals surface area contributed by atoms with Gasteiger partial charge in [-0.1, -0.05) is 0 Å². The number of hydrogen-bond donors (Lipinski definition) is 1. The molecule has 1 aromatic rings. The molecule has 4 nitrogen and oxygen atoms in total. The zero-order chi connectivity index (χ0) is 12.8. The second-order valence-corrected chi connectivity index (χ2v) is 6.47. The van der Waals surface area contributed by atoms with Crippen LogP contribution in [-0.4, -0.2) is 49.3 Å². The van der Waals surface area contributed by atoms with Crippen molar-refractivity contribution in [2.24, 2.45) is 0 Å². The van der Waals surface area contributed by atoms with E-state index in [4.69, 9.17) is 9.84 Å². The molecule has 0 bridgehead atoms. The third-order valence-electron chi connectivity index (χ3n) is 2.08. The van der Waals surface area contributed by atoms with Crippen molar-refractivity contribution in [1.29, 1.82) is 0 Å². The minimum atomic E-state index is -0.0903. The quantitative estimate of drug-likeness (QED) is 0.816. The van der Waals surface area contributed by atoms with Gasteiger partial charge < -0.3 is 14.7 Å². The van der Waals surface area contributed by atoms with Crippen molar-refractivity contribution in [3.63, 3.8) is 0 Å². The van der Waals surface area contributed by atoms with E-state index in [-0.39, 0.29) is 12.5 Å². The summed E-state index contributed by atoms with van der Waals surface area (Å²) in [6.07, 6.45) is 0. The molecule has 0 unspecified atom stereocenters. The van der Waals surface area contributed by atoms with Crippen LogP contribution in [0.1, 0.15) is 9.67 Å². The van der Waals surface area contributed by atoms with Crippen LogP contribution < -0.4 is 0 Å². The highest BCUT2D eigenvalue weighted by Crippen LogP contribution is 2.32. The fraction of sp³-hybridized carbons (Fsp3) is 0.500. The first-order chi connectivity index (χ1) is 8.10. The van der Waals surface area contributed by atoms with Crippen LogP contribution in [0, 0.1) is 0 Å². The summed E-state index contributed by atoms with van der Waals surface area (Å²) >= 11 is 8.06. The molecule has 1 heterocycles. The molecule has 17 heavy (non-hydrogen) atoms. The maximum Gasteiger partial charge on any atom is 0.264 e. The molecule has 96 valence electrons. The van der Waals surface area contributed by atoms with Crippen molar-refractivity contribution in [2.75, 3.05) is 33.4 Å². The molecular formula is C10H13Br2NO3S. The third kappa shape index (κ3) is 4.33. The van der Waals surface area contributed by atoms with E-state index in [9.17, 15) is 4.79 Å². The first-order valence-electron chi connectivity index (χ1n) is 4.94. The topological polar surface area (TPSA) is 49.8 Å². The van der Waals surface area contributed by atoms with E-state index in [1.807, 2.05) is 0 Å². The Kier molecular flexibility index (Phi) is 6.65. The van der Waals surface area contributed by atoms with Crippen LogP contribution in [0.3, 0.4) is 0 Å². The van der Waals surface area contributed by atoms with Gasteiger partial charge in [0.05, 0.1) is 21.9 Å². The Morgan fingerprint density at radius 3 is 2.71 bits per heavy atom. The number of rotatable bonds is 6. The minimum absolute atomic E-state index is 0.0524. The standard InChI is InChI=1S/C10H13Br2NO3S/c1-16-5-3-13(2-4-14)10(15)8-6-7(11)9(12)17-8/h6,14H,2-5H2,1H3. The lowest BCUT2D eigenvalue weighted by atomic mass is 10.4. The highest BCUT2D eigenvalue weighted by atomic mass is 79.9. The molecule has 0 atom stereocenters. The maximum atomic E-state index is 12.1. The number of hydrogen-bond acceptors (Lipinski definition) is 4. The number of carbonyl (C=O) groups is 1. The normalized spacial score (nSPS) is 10.6. The van der Waals surface area contributed by atoms with Crippen molar-refractivity contribution in [3.8, 4) is 0 Å². The maximum absolute atomic E-state index is 12.1. The SMILES string of the molecule is COCCN(CCO)C(=O)c1cc(Br)c(Br)s1.